The highest BCUT2D eigenvalue weighted by Gasteiger charge is 2.34. The molecule has 1 aromatic heterocycles. The number of hydrogen-bond acceptors (Lipinski definition) is 4. The highest BCUT2D eigenvalue weighted by Crippen LogP contribution is 2.48. The van der Waals surface area contributed by atoms with E-state index in [0.717, 1.165) is 30.5 Å². The zero-order chi connectivity index (χ0) is 22.6. The summed E-state index contributed by atoms with van der Waals surface area (Å²) in [6.45, 7) is 6.00. The quantitative estimate of drug-likeness (QED) is 0.313. The largest absolute Gasteiger partial charge is 0.366 e. The predicted molar refractivity (Wildman–Crippen MR) is 138 cm³/mol. The van der Waals surface area contributed by atoms with Crippen LogP contribution in [0.4, 0.5) is 11.8 Å². The standard InChI is InChI=1S/C29H32N4/c1-20(2)18-31-29-32-27(26-16-15-25(26)22-9-4-3-5-10-22)17-28(33-29)30-19-23-13-8-12-21-11-6-7-14-24(21)23/h3-14,17,20,25-26H,15-16,18-19H2,1-2H3,(H2,30,31,32,33). The van der Waals surface area contributed by atoms with Crippen LogP contribution in [0.25, 0.3) is 10.8 Å². The fourth-order valence-corrected chi connectivity index (χ4v) is 4.71. The molecule has 4 aromatic rings. The lowest BCUT2D eigenvalue weighted by Gasteiger charge is -2.37. The molecule has 0 spiro atoms. The van der Waals surface area contributed by atoms with Crippen molar-refractivity contribution in [3.63, 3.8) is 0 Å². The van der Waals surface area contributed by atoms with Crippen molar-refractivity contribution in [2.24, 2.45) is 5.92 Å². The molecular weight excluding hydrogens is 404 g/mol. The normalized spacial score (nSPS) is 17.7. The zero-order valence-corrected chi connectivity index (χ0v) is 19.5. The molecule has 0 bridgehead atoms. The fraction of sp³-hybridized carbons (Fsp3) is 0.310. The molecule has 1 saturated carbocycles. The van der Waals surface area contributed by atoms with Gasteiger partial charge in [0.2, 0.25) is 5.95 Å². The summed E-state index contributed by atoms with van der Waals surface area (Å²) in [6, 6.07) is 28.0. The SMILES string of the molecule is CC(C)CNc1nc(NCc2cccc3ccccc23)cc(C2CCC2c2ccccc2)n1. The molecule has 1 fully saturated rings. The Bertz CT molecular complexity index is 1210. The van der Waals surface area contributed by atoms with Gasteiger partial charge in [0.1, 0.15) is 5.82 Å². The molecule has 3 aromatic carbocycles. The van der Waals surface area contributed by atoms with Crippen LogP contribution >= 0.6 is 0 Å². The second-order valence-electron chi connectivity index (χ2n) is 9.47. The molecule has 0 radical (unpaired) electrons. The van der Waals surface area contributed by atoms with E-state index in [2.05, 4.69) is 103 Å². The summed E-state index contributed by atoms with van der Waals surface area (Å²) < 4.78 is 0. The van der Waals surface area contributed by atoms with Gasteiger partial charge in [0, 0.05) is 25.1 Å². The summed E-state index contributed by atoms with van der Waals surface area (Å²) >= 11 is 0. The van der Waals surface area contributed by atoms with Gasteiger partial charge in [-0.2, -0.15) is 4.98 Å². The molecule has 4 heteroatoms. The molecule has 4 nitrogen and oxygen atoms in total. The smallest absolute Gasteiger partial charge is 0.224 e. The van der Waals surface area contributed by atoms with Crippen molar-refractivity contribution in [3.05, 3.63) is 95.7 Å². The molecule has 0 aliphatic heterocycles. The van der Waals surface area contributed by atoms with E-state index in [0.29, 0.717) is 17.8 Å². The maximum atomic E-state index is 4.95. The van der Waals surface area contributed by atoms with Crippen molar-refractivity contribution < 1.29 is 0 Å². The summed E-state index contributed by atoms with van der Waals surface area (Å²) in [5, 5.41) is 9.58. The number of nitrogens with zero attached hydrogens (tertiary/aromatic N) is 2. The van der Waals surface area contributed by atoms with E-state index in [1.54, 1.807) is 0 Å². The third-order valence-corrected chi connectivity index (χ3v) is 6.64. The van der Waals surface area contributed by atoms with Crippen LogP contribution in [0.15, 0.2) is 78.9 Å². The Morgan fingerprint density at radius 3 is 2.36 bits per heavy atom. The summed E-state index contributed by atoms with van der Waals surface area (Å²) in [7, 11) is 0. The molecule has 168 valence electrons. The number of anilines is 2. The van der Waals surface area contributed by atoms with Crippen LogP contribution in [-0.2, 0) is 6.54 Å². The minimum Gasteiger partial charge on any atom is -0.366 e. The molecule has 33 heavy (non-hydrogen) atoms. The maximum Gasteiger partial charge on any atom is 0.224 e. The van der Waals surface area contributed by atoms with E-state index in [1.807, 2.05) is 0 Å². The Kier molecular flexibility index (Phi) is 6.25. The number of rotatable bonds is 8. The number of hydrogen-bond donors (Lipinski definition) is 2. The minimum absolute atomic E-state index is 0.438. The number of aromatic nitrogens is 2. The van der Waals surface area contributed by atoms with Gasteiger partial charge < -0.3 is 10.6 Å². The third-order valence-electron chi connectivity index (χ3n) is 6.64. The second kappa shape index (κ2) is 9.62. The topological polar surface area (TPSA) is 49.8 Å². The van der Waals surface area contributed by atoms with Gasteiger partial charge in [-0.05, 0) is 46.6 Å². The van der Waals surface area contributed by atoms with Gasteiger partial charge in [0.05, 0.1) is 5.69 Å². The third kappa shape index (κ3) is 4.85. The average Bonchev–Trinajstić information content (AvgIpc) is 2.81. The summed E-state index contributed by atoms with van der Waals surface area (Å²) in [6.07, 6.45) is 2.38. The molecule has 5 rings (SSSR count). The molecule has 2 N–H and O–H groups in total. The Labute approximate surface area is 196 Å². The van der Waals surface area contributed by atoms with E-state index >= 15 is 0 Å². The van der Waals surface area contributed by atoms with E-state index in [1.165, 1.54) is 34.7 Å². The Morgan fingerprint density at radius 2 is 1.58 bits per heavy atom. The first-order chi connectivity index (χ1) is 16.2. The van der Waals surface area contributed by atoms with Crippen molar-refractivity contribution in [1.82, 2.24) is 9.97 Å². The van der Waals surface area contributed by atoms with Gasteiger partial charge in [-0.15, -0.1) is 0 Å². The first-order valence-corrected chi connectivity index (χ1v) is 12.1. The van der Waals surface area contributed by atoms with E-state index in [-0.39, 0.29) is 0 Å². The lowest BCUT2D eigenvalue weighted by molar-refractivity contribution is 0.340. The first kappa shape index (κ1) is 21.4. The lowest BCUT2D eigenvalue weighted by Crippen LogP contribution is -2.24. The van der Waals surface area contributed by atoms with Crippen molar-refractivity contribution in [2.45, 2.75) is 45.1 Å². The molecule has 2 unspecified atom stereocenters. The van der Waals surface area contributed by atoms with Gasteiger partial charge in [0.25, 0.3) is 0 Å². The van der Waals surface area contributed by atoms with Crippen LogP contribution in [0.3, 0.4) is 0 Å². The summed E-state index contributed by atoms with van der Waals surface area (Å²) in [5.74, 6) is 3.11. The minimum atomic E-state index is 0.438. The van der Waals surface area contributed by atoms with Crippen LogP contribution in [0, 0.1) is 5.92 Å². The van der Waals surface area contributed by atoms with Crippen LogP contribution < -0.4 is 10.6 Å². The number of fused-ring (bicyclic) bond motifs is 1. The molecular formula is C29H32N4. The highest BCUT2D eigenvalue weighted by molar-refractivity contribution is 5.85. The van der Waals surface area contributed by atoms with Crippen molar-refractivity contribution >= 4 is 22.5 Å². The molecule has 1 aliphatic rings. The summed E-state index contributed by atoms with van der Waals surface area (Å²) in [5.41, 5.74) is 3.82. The highest BCUT2D eigenvalue weighted by atomic mass is 15.1. The fourth-order valence-electron chi connectivity index (χ4n) is 4.71. The predicted octanol–water partition coefficient (Wildman–Crippen LogP) is 6.97. The molecule has 1 aliphatic carbocycles. The van der Waals surface area contributed by atoms with Gasteiger partial charge in [-0.25, -0.2) is 4.98 Å². The van der Waals surface area contributed by atoms with Crippen LogP contribution in [0.2, 0.25) is 0 Å². The molecule has 1 heterocycles. The Hall–Kier alpha value is -3.40. The zero-order valence-electron chi connectivity index (χ0n) is 19.5. The van der Waals surface area contributed by atoms with Gasteiger partial charge in [0.15, 0.2) is 0 Å². The monoisotopic (exact) mass is 436 g/mol. The lowest BCUT2D eigenvalue weighted by atomic mass is 9.68. The van der Waals surface area contributed by atoms with Gasteiger partial charge >= 0.3 is 0 Å². The Balaban J connectivity index is 1.41. The number of benzene rings is 3. The van der Waals surface area contributed by atoms with Gasteiger partial charge in [-0.1, -0.05) is 86.6 Å². The Morgan fingerprint density at radius 1 is 0.818 bits per heavy atom. The van der Waals surface area contributed by atoms with Crippen molar-refractivity contribution in [3.8, 4) is 0 Å². The van der Waals surface area contributed by atoms with Crippen LogP contribution in [0.5, 0.6) is 0 Å². The molecule has 0 saturated heterocycles. The molecule has 0 amide bonds. The molecule has 2 atom stereocenters. The maximum absolute atomic E-state index is 4.95. The van der Waals surface area contributed by atoms with Crippen LogP contribution in [0.1, 0.15) is 55.3 Å². The van der Waals surface area contributed by atoms with E-state index < -0.39 is 0 Å². The first-order valence-electron chi connectivity index (χ1n) is 12.1. The van der Waals surface area contributed by atoms with E-state index in [9.17, 15) is 0 Å². The van der Waals surface area contributed by atoms with Crippen LogP contribution in [-0.4, -0.2) is 16.5 Å². The van der Waals surface area contributed by atoms with Crippen molar-refractivity contribution in [2.75, 3.05) is 17.2 Å². The average molecular weight is 437 g/mol. The number of nitrogens with one attached hydrogen (secondary N) is 2. The van der Waals surface area contributed by atoms with E-state index in [4.69, 9.17) is 9.97 Å². The van der Waals surface area contributed by atoms with Crippen molar-refractivity contribution in [1.29, 1.82) is 0 Å². The van der Waals surface area contributed by atoms with Gasteiger partial charge in [-0.3, -0.25) is 0 Å². The second-order valence-corrected chi connectivity index (χ2v) is 9.47. The summed E-state index contributed by atoms with van der Waals surface area (Å²) in [4.78, 5) is 9.75.